The first-order chi connectivity index (χ1) is 17.5. The number of aliphatic hydroxyl groups is 2. The van der Waals surface area contributed by atoms with Gasteiger partial charge >= 0.3 is 0 Å². The molecule has 0 saturated carbocycles. The van der Waals surface area contributed by atoms with E-state index >= 15 is 0 Å². The number of β-amino-alcohol motifs (C(OH)–C–C–N with tert-alkyl or cyclic N) is 1. The highest BCUT2D eigenvalue weighted by Gasteiger charge is 2.34. The molecule has 36 heavy (non-hydrogen) atoms. The van der Waals surface area contributed by atoms with E-state index < -0.39 is 12.3 Å². The third kappa shape index (κ3) is 4.03. The molecule has 1 aromatic carbocycles. The second-order valence-electron chi connectivity index (χ2n) is 9.29. The summed E-state index contributed by atoms with van der Waals surface area (Å²) in [7, 11) is 1.90. The molecule has 188 valence electrons. The Morgan fingerprint density at radius 3 is 2.56 bits per heavy atom. The van der Waals surface area contributed by atoms with E-state index in [4.69, 9.17) is 19.7 Å². The van der Waals surface area contributed by atoms with Crippen molar-refractivity contribution in [3.05, 3.63) is 42.4 Å². The Bertz CT molecular complexity index is 1390. The largest absolute Gasteiger partial charge is 0.390 e. The average molecular weight is 491 g/mol. The number of fused-ring (bicyclic) bond motifs is 1. The number of rotatable bonds is 6. The quantitative estimate of drug-likeness (QED) is 0.414. The van der Waals surface area contributed by atoms with Crippen molar-refractivity contribution in [2.75, 3.05) is 44.3 Å². The summed E-state index contributed by atoms with van der Waals surface area (Å²) in [6.07, 6.45) is 0.585. The van der Waals surface area contributed by atoms with Crippen LogP contribution in [0.15, 0.2) is 36.5 Å². The van der Waals surface area contributed by atoms with Gasteiger partial charge in [0.15, 0.2) is 34.9 Å². The van der Waals surface area contributed by atoms with Crippen LogP contribution in [0, 0.1) is 0 Å². The van der Waals surface area contributed by atoms with Gasteiger partial charge in [-0.15, -0.1) is 0 Å². The predicted molar refractivity (Wildman–Crippen MR) is 134 cm³/mol. The van der Waals surface area contributed by atoms with Crippen LogP contribution >= 0.6 is 0 Å². The Kier molecular flexibility index (Phi) is 5.92. The molecule has 3 aromatic heterocycles. The fourth-order valence-corrected chi connectivity index (χ4v) is 4.87. The van der Waals surface area contributed by atoms with Crippen LogP contribution in [0.25, 0.3) is 33.8 Å². The number of likely N-dealkylation sites (tertiary alicyclic amines) is 1. The van der Waals surface area contributed by atoms with Gasteiger partial charge in [0.1, 0.15) is 0 Å². The third-order valence-electron chi connectivity index (χ3n) is 6.83. The lowest BCUT2D eigenvalue weighted by atomic mass is 10.1. The number of aromatic nitrogens is 6. The zero-order valence-electron chi connectivity index (χ0n) is 20.4. The molecule has 0 amide bonds. The first-order valence-electron chi connectivity index (χ1n) is 12.3. The number of anilines is 1. The van der Waals surface area contributed by atoms with Crippen molar-refractivity contribution < 1.29 is 14.9 Å². The number of hydrogen-bond acceptors (Lipinski definition) is 9. The molecule has 5 heterocycles. The summed E-state index contributed by atoms with van der Waals surface area (Å²) < 4.78 is 9.31. The molecule has 11 heteroatoms. The van der Waals surface area contributed by atoms with Crippen molar-refractivity contribution in [1.29, 1.82) is 0 Å². The van der Waals surface area contributed by atoms with Gasteiger partial charge in [-0.05, 0) is 19.1 Å². The molecule has 2 aliphatic rings. The van der Waals surface area contributed by atoms with E-state index in [1.54, 1.807) is 9.58 Å². The Morgan fingerprint density at radius 2 is 1.86 bits per heavy atom. The van der Waals surface area contributed by atoms with Crippen LogP contribution in [0.3, 0.4) is 0 Å². The van der Waals surface area contributed by atoms with Gasteiger partial charge in [0.25, 0.3) is 0 Å². The standard InChI is InChI=1S/C25H30N8O3/c1-3-33-23-20(26-24(33)25(35)32-14-18(34)15-32)22(31-9-11-36-12-10-31)27-21(28-23)17-6-4-5-16(13-17)19-7-8-30(2)29-19/h4-8,13,18,25,34-35H,3,9-12,14-15H2,1-2H3. The van der Waals surface area contributed by atoms with Crippen LogP contribution in [-0.4, -0.2) is 89.9 Å². The summed E-state index contributed by atoms with van der Waals surface area (Å²) in [6.45, 7) is 6.08. The van der Waals surface area contributed by atoms with Crippen LogP contribution in [0.4, 0.5) is 5.82 Å². The van der Waals surface area contributed by atoms with Crippen molar-refractivity contribution in [3.8, 4) is 22.6 Å². The van der Waals surface area contributed by atoms with Gasteiger partial charge in [-0.25, -0.2) is 15.0 Å². The molecular weight excluding hydrogens is 460 g/mol. The minimum atomic E-state index is -0.920. The van der Waals surface area contributed by atoms with Crippen LogP contribution in [0.1, 0.15) is 19.0 Å². The minimum Gasteiger partial charge on any atom is -0.390 e. The van der Waals surface area contributed by atoms with Crippen molar-refractivity contribution >= 4 is 17.0 Å². The highest BCUT2D eigenvalue weighted by Crippen LogP contribution is 2.33. The molecule has 11 nitrogen and oxygen atoms in total. The second kappa shape index (κ2) is 9.25. The van der Waals surface area contributed by atoms with Crippen LogP contribution < -0.4 is 4.90 Å². The maximum atomic E-state index is 11.1. The highest BCUT2D eigenvalue weighted by atomic mass is 16.5. The van der Waals surface area contributed by atoms with Gasteiger partial charge in [0, 0.05) is 57.1 Å². The lowest BCUT2D eigenvalue weighted by Gasteiger charge is -2.38. The first kappa shape index (κ1) is 23.0. The molecule has 2 aliphatic heterocycles. The summed E-state index contributed by atoms with van der Waals surface area (Å²) >= 11 is 0. The minimum absolute atomic E-state index is 0.416. The number of imidazole rings is 1. The molecule has 2 fully saturated rings. The Labute approximate surface area is 208 Å². The highest BCUT2D eigenvalue weighted by molar-refractivity contribution is 5.86. The summed E-state index contributed by atoms with van der Waals surface area (Å²) in [5, 5.41) is 25.3. The number of morpholine rings is 1. The summed E-state index contributed by atoms with van der Waals surface area (Å²) in [6, 6.07) is 10.0. The normalized spacial score (nSPS) is 18.1. The molecule has 2 N–H and O–H groups in total. The Balaban J connectivity index is 1.49. The zero-order valence-corrected chi connectivity index (χ0v) is 20.4. The van der Waals surface area contributed by atoms with E-state index in [-0.39, 0.29) is 0 Å². The fraction of sp³-hybridized carbons (Fsp3) is 0.440. The number of aliphatic hydroxyl groups excluding tert-OH is 2. The second-order valence-corrected chi connectivity index (χ2v) is 9.29. The van der Waals surface area contributed by atoms with Gasteiger partial charge in [-0.1, -0.05) is 18.2 Å². The van der Waals surface area contributed by atoms with E-state index in [0.29, 0.717) is 68.8 Å². The van der Waals surface area contributed by atoms with Crippen molar-refractivity contribution in [1.82, 2.24) is 34.2 Å². The molecule has 0 bridgehead atoms. The topological polar surface area (TPSA) is 118 Å². The van der Waals surface area contributed by atoms with Gasteiger partial charge in [-0.2, -0.15) is 5.10 Å². The molecule has 1 atom stereocenters. The number of benzene rings is 1. The fourth-order valence-electron chi connectivity index (χ4n) is 4.87. The van der Waals surface area contributed by atoms with Gasteiger partial charge < -0.3 is 24.4 Å². The molecule has 4 aromatic rings. The molecule has 1 unspecified atom stereocenters. The average Bonchev–Trinajstić information content (AvgIpc) is 3.50. The summed E-state index contributed by atoms with van der Waals surface area (Å²) in [4.78, 5) is 18.8. The van der Waals surface area contributed by atoms with Crippen molar-refractivity contribution in [2.24, 2.45) is 7.05 Å². The Hall–Kier alpha value is -3.38. The SMILES string of the molecule is CCn1c(C(O)N2CC(O)C2)nc2c(N3CCOCC3)nc(-c3cccc(-c4ccn(C)n4)c3)nc21. The summed E-state index contributed by atoms with van der Waals surface area (Å²) in [5.74, 6) is 1.85. The van der Waals surface area contributed by atoms with Crippen LogP contribution in [0.5, 0.6) is 0 Å². The number of nitrogens with zero attached hydrogens (tertiary/aromatic N) is 8. The molecule has 2 saturated heterocycles. The van der Waals surface area contributed by atoms with Crippen molar-refractivity contribution in [3.63, 3.8) is 0 Å². The van der Waals surface area contributed by atoms with E-state index in [1.165, 1.54) is 0 Å². The maximum absolute atomic E-state index is 11.1. The van der Waals surface area contributed by atoms with Crippen LogP contribution in [0.2, 0.25) is 0 Å². The molecule has 0 radical (unpaired) electrons. The van der Waals surface area contributed by atoms with Crippen molar-refractivity contribution in [2.45, 2.75) is 25.8 Å². The van der Waals surface area contributed by atoms with E-state index in [0.717, 1.165) is 22.6 Å². The third-order valence-corrected chi connectivity index (χ3v) is 6.83. The number of ether oxygens (including phenoxy) is 1. The molecule has 0 aliphatic carbocycles. The first-order valence-corrected chi connectivity index (χ1v) is 12.3. The zero-order chi connectivity index (χ0) is 24.8. The van der Waals surface area contributed by atoms with Gasteiger partial charge in [0.2, 0.25) is 0 Å². The molecular formula is C25H30N8O3. The van der Waals surface area contributed by atoms with Crippen LogP contribution in [-0.2, 0) is 18.3 Å². The van der Waals surface area contributed by atoms with E-state index in [9.17, 15) is 10.2 Å². The molecule has 6 rings (SSSR count). The number of aryl methyl sites for hydroxylation is 2. The lowest BCUT2D eigenvalue weighted by Crippen LogP contribution is -2.52. The number of hydrogen-bond donors (Lipinski definition) is 2. The smallest absolute Gasteiger partial charge is 0.166 e. The molecule has 0 spiro atoms. The van der Waals surface area contributed by atoms with E-state index in [1.807, 2.05) is 49.0 Å². The monoisotopic (exact) mass is 490 g/mol. The van der Waals surface area contributed by atoms with Gasteiger partial charge in [-0.3, -0.25) is 9.58 Å². The summed E-state index contributed by atoms with van der Waals surface area (Å²) in [5.41, 5.74) is 4.10. The Morgan fingerprint density at radius 1 is 1.08 bits per heavy atom. The maximum Gasteiger partial charge on any atom is 0.166 e. The predicted octanol–water partition coefficient (Wildman–Crippen LogP) is 1.42. The van der Waals surface area contributed by atoms with E-state index in [2.05, 4.69) is 16.1 Å². The lowest BCUT2D eigenvalue weighted by molar-refractivity contribution is -0.106. The van der Waals surface area contributed by atoms with Gasteiger partial charge in [0.05, 0.1) is 25.0 Å².